The molecule has 2 aliphatic heterocycles. The van der Waals surface area contributed by atoms with E-state index in [4.69, 9.17) is 0 Å². The molecule has 0 amide bonds. The highest BCUT2D eigenvalue weighted by Gasteiger charge is 2.26. The highest BCUT2D eigenvalue weighted by Crippen LogP contribution is 2.27. The molecule has 0 aliphatic carbocycles. The Kier molecular flexibility index (Phi) is 5.60. The summed E-state index contributed by atoms with van der Waals surface area (Å²) in [6, 6.07) is 6.80. The SMILES string of the molecule is Cc1ccc(C)c(CN2CCC[C@H](c3nnc(CN4CCCC4)n3C)C2)c1. The van der Waals surface area contributed by atoms with Crippen LogP contribution in [0.3, 0.4) is 0 Å². The van der Waals surface area contributed by atoms with Gasteiger partial charge in [-0.15, -0.1) is 10.2 Å². The fourth-order valence-electron chi connectivity index (χ4n) is 4.63. The Morgan fingerprint density at radius 1 is 0.963 bits per heavy atom. The lowest BCUT2D eigenvalue weighted by molar-refractivity contribution is 0.194. The molecule has 0 radical (unpaired) electrons. The molecular formula is C22H33N5. The first-order valence-electron chi connectivity index (χ1n) is 10.5. The number of likely N-dealkylation sites (tertiary alicyclic amines) is 2. The number of nitrogens with zero attached hydrogens (tertiary/aromatic N) is 5. The lowest BCUT2D eigenvalue weighted by Crippen LogP contribution is -2.35. The number of hydrogen-bond donors (Lipinski definition) is 0. The van der Waals surface area contributed by atoms with Gasteiger partial charge in [-0.05, 0) is 70.3 Å². The molecule has 0 unspecified atom stereocenters. The fourth-order valence-corrected chi connectivity index (χ4v) is 4.63. The van der Waals surface area contributed by atoms with Crippen molar-refractivity contribution in [3.05, 3.63) is 46.5 Å². The van der Waals surface area contributed by atoms with Crippen LogP contribution in [0.1, 0.15) is 59.9 Å². The maximum absolute atomic E-state index is 4.61. The minimum atomic E-state index is 0.494. The summed E-state index contributed by atoms with van der Waals surface area (Å²) in [7, 11) is 2.16. The molecule has 0 saturated carbocycles. The van der Waals surface area contributed by atoms with Gasteiger partial charge >= 0.3 is 0 Å². The van der Waals surface area contributed by atoms with E-state index in [9.17, 15) is 0 Å². The highest BCUT2D eigenvalue weighted by atomic mass is 15.3. The Labute approximate surface area is 163 Å². The second-order valence-electron chi connectivity index (χ2n) is 8.52. The van der Waals surface area contributed by atoms with Crippen molar-refractivity contribution in [1.29, 1.82) is 0 Å². The second kappa shape index (κ2) is 8.11. The number of hydrogen-bond acceptors (Lipinski definition) is 4. The van der Waals surface area contributed by atoms with Crippen molar-refractivity contribution in [3.63, 3.8) is 0 Å². The van der Waals surface area contributed by atoms with Gasteiger partial charge in [0.25, 0.3) is 0 Å². The van der Waals surface area contributed by atoms with E-state index in [0.29, 0.717) is 5.92 Å². The number of aromatic nitrogens is 3. The number of aryl methyl sites for hydroxylation is 2. The number of rotatable bonds is 5. The predicted molar refractivity (Wildman–Crippen MR) is 109 cm³/mol. The molecule has 2 fully saturated rings. The van der Waals surface area contributed by atoms with Crippen LogP contribution in [0.15, 0.2) is 18.2 Å². The first-order valence-corrected chi connectivity index (χ1v) is 10.5. The van der Waals surface area contributed by atoms with E-state index in [-0.39, 0.29) is 0 Å². The summed E-state index contributed by atoms with van der Waals surface area (Å²) in [5.74, 6) is 2.79. The van der Waals surface area contributed by atoms with Gasteiger partial charge in [0.05, 0.1) is 6.54 Å². The molecule has 3 heterocycles. The molecule has 27 heavy (non-hydrogen) atoms. The van der Waals surface area contributed by atoms with Gasteiger partial charge in [-0.1, -0.05) is 23.8 Å². The highest BCUT2D eigenvalue weighted by molar-refractivity contribution is 5.30. The lowest BCUT2D eigenvalue weighted by Gasteiger charge is -2.32. The normalized spacial score (nSPS) is 21.8. The standard InChI is InChI=1S/C22H33N5/c1-17-8-9-18(2)20(13-17)15-27-12-6-7-19(14-27)22-24-23-21(25(22)3)16-26-10-4-5-11-26/h8-9,13,19H,4-7,10-12,14-16H2,1-3H3/t19-/m0/s1. The third kappa shape index (κ3) is 4.25. The predicted octanol–water partition coefficient (Wildman–Crippen LogP) is 3.41. The van der Waals surface area contributed by atoms with Gasteiger partial charge in [-0.3, -0.25) is 9.80 Å². The largest absolute Gasteiger partial charge is 0.317 e. The summed E-state index contributed by atoms with van der Waals surface area (Å²) in [5, 5.41) is 9.16. The number of piperidine rings is 1. The molecule has 146 valence electrons. The summed E-state index contributed by atoms with van der Waals surface area (Å²) in [4.78, 5) is 5.10. The van der Waals surface area contributed by atoms with Gasteiger partial charge < -0.3 is 4.57 Å². The summed E-state index contributed by atoms with van der Waals surface area (Å²) in [6.07, 6.45) is 5.10. The molecule has 0 bridgehead atoms. The first kappa shape index (κ1) is 18.6. The Morgan fingerprint density at radius 3 is 2.56 bits per heavy atom. The van der Waals surface area contributed by atoms with E-state index < -0.39 is 0 Å². The zero-order valence-corrected chi connectivity index (χ0v) is 17.1. The van der Waals surface area contributed by atoms with Gasteiger partial charge in [0, 0.05) is 26.1 Å². The van der Waals surface area contributed by atoms with Crippen molar-refractivity contribution in [1.82, 2.24) is 24.6 Å². The minimum absolute atomic E-state index is 0.494. The fraction of sp³-hybridized carbons (Fsp3) is 0.636. The maximum atomic E-state index is 4.61. The molecule has 2 aliphatic rings. The third-order valence-electron chi connectivity index (χ3n) is 6.33. The van der Waals surface area contributed by atoms with Crippen LogP contribution in [0.2, 0.25) is 0 Å². The van der Waals surface area contributed by atoms with Crippen molar-refractivity contribution < 1.29 is 0 Å². The third-order valence-corrected chi connectivity index (χ3v) is 6.33. The van der Waals surface area contributed by atoms with Crippen molar-refractivity contribution in [3.8, 4) is 0 Å². The van der Waals surface area contributed by atoms with Crippen LogP contribution >= 0.6 is 0 Å². The van der Waals surface area contributed by atoms with Gasteiger partial charge in [-0.2, -0.15) is 0 Å². The molecule has 5 nitrogen and oxygen atoms in total. The van der Waals surface area contributed by atoms with E-state index in [2.05, 4.69) is 63.7 Å². The van der Waals surface area contributed by atoms with Crippen LogP contribution in [0, 0.1) is 13.8 Å². The van der Waals surface area contributed by atoms with Gasteiger partial charge in [-0.25, -0.2) is 0 Å². The van der Waals surface area contributed by atoms with E-state index in [1.165, 1.54) is 67.8 Å². The number of benzene rings is 1. The monoisotopic (exact) mass is 367 g/mol. The average Bonchev–Trinajstić information content (AvgIpc) is 3.29. The van der Waals surface area contributed by atoms with Crippen LogP contribution in [-0.2, 0) is 20.1 Å². The van der Waals surface area contributed by atoms with Crippen molar-refractivity contribution in [2.75, 3.05) is 26.2 Å². The molecule has 1 aromatic heterocycles. The molecule has 5 heteroatoms. The van der Waals surface area contributed by atoms with E-state index >= 15 is 0 Å². The van der Waals surface area contributed by atoms with Gasteiger partial charge in [0.2, 0.25) is 0 Å². The Hall–Kier alpha value is -1.72. The summed E-state index contributed by atoms with van der Waals surface area (Å²) >= 11 is 0. The zero-order chi connectivity index (χ0) is 18.8. The first-order chi connectivity index (χ1) is 13.1. The maximum Gasteiger partial charge on any atom is 0.146 e. The molecule has 4 rings (SSSR count). The summed E-state index contributed by atoms with van der Waals surface area (Å²) < 4.78 is 2.27. The minimum Gasteiger partial charge on any atom is -0.317 e. The van der Waals surface area contributed by atoms with Crippen molar-refractivity contribution in [2.24, 2.45) is 7.05 Å². The molecule has 2 saturated heterocycles. The van der Waals surface area contributed by atoms with Crippen LogP contribution < -0.4 is 0 Å². The van der Waals surface area contributed by atoms with Gasteiger partial charge in [0.15, 0.2) is 0 Å². The van der Waals surface area contributed by atoms with E-state index in [1.807, 2.05) is 0 Å². The summed E-state index contributed by atoms with van der Waals surface area (Å²) in [5.41, 5.74) is 4.21. The molecule has 2 aromatic rings. The molecule has 0 N–H and O–H groups in total. The van der Waals surface area contributed by atoms with Crippen molar-refractivity contribution in [2.45, 2.75) is 58.5 Å². The smallest absolute Gasteiger partial charge is 0.146 e. The Bertz CT molecular complexity index is 775. The molecule has 1 atom stereocenters. The topological polar surface area (TPSA) is 37.2 Å². The average molecular weight is 368 g/mol. The Morgan fingerprint density at radius 2 is 1.74 bits per heavy atom. The van der Waals surface area contributed by atoms with Gasteiger partial charge in [0.1, 0.15) is 11.6 Å². The quantitative estimate of drug-likeness (QED) is 0.812. The van der Waals surface area contributed by atoms with E-state index in [1.54, 1.807) is 0 Å². The van der Waals surface area contributed by atoms with Crippen LogP contribution in [0.5, 0.6) is 0 Å². The Balaban J connectivity index is 1.43. The van der Waals surface area contributed by atoms with Crippen LogP contribution in [0.25, 0.3) is 0 Å². The lowest BCUT2D eigenvalue weighted by atomic mass is 9.96. The summed E-state index contributed by atoms with van der Waals surface area (Å²) in [6.45, 7) is 11.1. The molecule has 0 spiro atoms. The zero-order valence-electron chi connectivity index (χ0n) is 17.1. The van der Waals surface area contributed by atoms with E-state index in [0.717, 1.165) is 25.5 Å². The second-order valence-corrected chi connectivity index (χ2v) is 8.52. The van der Waals surface area contributed by atoms with Crippen LogP contribution in [-0.4, -0.2) is 50.7 Å². The van der Waals surface area contributed by atoms with Crippen molar-refractivity contribution >= 4 is 0 Å². The van der Waals surface area contributed by atoms with Crippen LogP contribution in [0.4, 0.5) is 0 Å². The molecular weight excluding hydrogens is 334 g/mol. The molecule has 1 aromatic carbocycles.